The summed E-state index contributed by atoms with van der Waals surface area (Å²) in [6.07, 6.45) is 0.261. The molecule has 45 heavy (non-hydrogen) atoms. The number of fused-ring (bicyclic) bond motifs is 1. The monoisotopic (exact) mass is 661 g/mol. The molecule has 2 fully saturated rings. The number of thiazole rings is 1. The van der Waals surface area contributed by atoms with Crippen LogP contribution in [-0.4, -0.2) is 126 Å². The lowest BCUT2D eigenvalue weighted by Crippen LogP contribution is -2.50. The molecular formula is C30H39N5O8S2. The molecule has 2 saturated heterocycles. The van der Waals surface area contributed by atoms with Gasteiger partial charge < -0.3 is 23.8 Å². The first-order valence-electron chi connectivity index (χ1n) is 14.9. The SMILES string of the molecule is CCOC(=O)N1CCN(S(=O)(=O)c2ccc(C(=O)N(CCCN3CCOCC3)c3nc4c(OC)ccc(OC)c4s3)cc2)CC1. The molecule has 13 nitrogen and oxygen atoms in total. The van der Waals surface area contributed by atoms with Gasteiger partial charge in [-0.15, -0.1) is 0 Å². The molecule has 2 amide bonds. The van der Waals surface area contributed by atoms with Crippen LogP contribution in [0.5, 0.6) is 11.5 Å². The van der Waals surface area contributed by atoms with Gasteiger partial charge in [0.25, 0.3) is 5.91 Å². The van der Waals surface area contributed by atoms with E-state index in [-0.39, 0.29) is 43.6 Å². The number of benzene rings is 2. The lowest BCUT2D eigenvalue weighted by atomic mass is 10.2. The first kappa shape index (κ1) is 32.9. The van der Waals surface area contributed by atoms with Crippen molar-refractivity contribution in [2.24, 2.45) is 0 Å². The van der Waals surface area contributed by atoms with E-state index in [4.69, 9.17) is 23.9 Å². The largest absolute Gasteiger partial charge is 0.495 e. The summed E-state index contributed by atoms with van der Waals surface area (Å²) in [4.78, 5) is 36.4. The number of morpholine rings is 1. The number of methoxy groups -OCH3 is 2. The number of carbonyl (C=O) groups is 2. The second-order valence-corrected chi connectivity index (χ2v) is 13.4. The number of nitrogens with zero attached hydrogens (tertiary/aromatic N) is 5. The third-order valence-corrected chi connectivity index (χ3v) is 10.8. The first-order valence-corrected chi connectivity index (χ1v) is 17.2. The number of hydrogen-bond acceptors (Lipinski definition) is 11. The van der Waals surface area contributed by atoms with Gasteiger partial charge >= 0.3 is 6.09 Å². The van der Waals surface area contributed by atoms with Crippen LogP contribution in [0.4, 0.5) is 9.93 Å². The van der Waals surface area contributed by atoms with Gasteiger partial charge in [0.05, 0.1) is 38.9 Å². The standard InChI is InChI=1S/C30H39N5O8S2/c1-4-43-30(37)33-14-16-34(17-15-33)45(38,39)23-8-6-22(7-9-23)28(36)35(13-5-12-32-18-20-42-21-19-32)29-31-26-24(40-2)10-11-25(41-3)27(26)44-29/h6-11H,4-5,12-21H2,1-3H3. The summed E-state index contributed by atoms with van der Waals surface area (Å²) in [5, 5.41) is 0.496. The summed E-state index contributed by atoms with van der Waals surface area (Å²) in [6.45, 7) is 7.06. The van der Waals surface area contributed by atoms with Crippen molar-refractivity contribution in [2.45, 2.75) is 18.2 Å². The molecule has 0 bridgehead atoms. The van der Waals surface area contributed by atoms with E-state index in [9.17, 15) is 18.0 Å². The predicted molar refractivity (Wildman–Crippen MR) is 170 cm³/mol. The number of amides is 2. The molecule has 3 aromatic rings. The maximum Gasteiger partial charge on any atom is 0.409 e. The quantitative estimate of drug-likeness (QED) is 0.302. The van der Waals surface area contributed by atoms with Gasteiger partial charge in [0.15, 0.2) is 5.13 Å². The summed E-state index contributed by atoms with van der Waals surface area (Å²) in [6, 6.07) is 9.57. The van der Waals surface area contributed by atoms with Crippen molar-refractivity contribution in [3.8, 4) is 11.5 Å². The van der Waals surface area contributed by atoms with Crippen LogP contribution in [0.15, 0.2) is 41.3 Å². The molecule has 0 spiro atoms. The fourth-order valence-electron chi connectivity index (χ4n) is 5.35. The van der Waals surface area contributed by atoms with Crippen LogP contribution in [0.2, 0.25) is 0 Å². The molecular weight excluding hydrogens is 622 g/mol. The number of ether oxygens (including phenoxy) is 4. The Balaban J connectivity index is 1.36. The van der Waals surface area contributed by atoms with E-state index in [1.54, 1.807) is 32.1 Å². The van der Waals surface area contributed by atoms with Crippen LogP contribution in [0.1, 0.15) is 23.7 Å². The van der Waals surface area contributed by atoms with Gasteiger partial charge in [-0.2, -0.15) is 4.31 Å². The predicted octanol–water partition coefficient (Wildman–Crippen LogP) is 3.15. The number of piperazine rings is 1. The number of carbonyl (C=O) groups excluding carboxylic acids is 2. The van der Waals surface area contributed by atoms with Crippen LogP contribution >= 0.6 is 11.3 Å². The minimum Gasteiger partial charge on any atom is -0.495 e. The molecule has 2 aliphatic heterocycles. The minimum atomic E-state index is -3.82. The molecule has 3 heterocycles. The van der Waals surface area contributed by atoms with Crippen LogP contribution < -0.4 is 14.4 Å². The Kier molecular flexibility index (Phi) is 10.8. The molecule has 0 unspecified atom stereocenters. The van der Waals surface area contributed by atoms with Crippen LogP contribution in [0.25, 0.3) is 10.2 Å². The van der Waals surface area contributed by atoms with Crippen molar-refractivity contribution in [3.63, 3.8) is 0 Å². The normalized spacial score (nSPS) is 16.5. The number of rotatable bonds is 11. The van der Waals surface area contributed by atoms with Crippen LogP contribution in [-0.2, 0) is 19.5 Å². The Bertz CT molecular complexity index is 1540. The average molecular weight is 662 g/mol. The van der Waals surface area contributed by atoms with Crippen molar-refractivity contribution in [2.75, 3.05) is 91.3 Å². The van der Waals surface area contributed by atoms with Crippen molar-refractivity contribution in [1.29, 1.82) is 0 Å². The summed E-state index contributed by atoms with van der Waals surface area (Å²) in [5.74, 6) is 0.917. The fraction of sp³-hybridized carbons (Fsp3) is 0.500. The Morgan fingerprint density at radius 2 is 1.62 bits per heavy atom. The summed E-state index contributed by atoms with van der Waals surface area (Å²) >= 11 is 1.34. The van der Waals surface area contributed by atoms with E-state index >= 15 is 0 Å². The Morgan fingerprint density at radius 1 is 0.956 bits per heavy atom. The van der Waals surface area contributed by atoms with Gasteiger partial charge in [-0.3, -0.25) is 14.6 Å². The smallest absolute Gasteiger partial charge is 0.409 e. The maximum atomic E-state index is 14.0. The number of anilines is 1. The second kappa shape index (κ2) is 14.7. The second-order valence-electron chi connectivity index (χ2n) is 10.5. The average Bonchev–Trinajstić information content (AvgIpc) is 3.52. The summed E-state index contributed by atoms with van der Waals surface area (Å²) < 4.78 is 50.5. The minimum absolute atomic E-state index is 0.0805. The van der Waals surface area contributed by atoms with E-state index in [0.29, 0.717) is 53.9 Å². The van der Waals surface area contributed by atoms with Crippen LogP contribution in [0.3, 0.4) is 0 Å². The van der Waals surface area contributed by atoms with Gasteiger partial charge in [-0.1, -0.05) is 11.3 Å². The zero-order valence-electron chi connectivity index (χ0n) is 25.8. The number of aromatic nitrogens is 1. The highest BCUT2D eigenvalue weighted by Gasteiger charge is 2.31. The molecule has 0 atom stereocenters. The Hall–Kier alpha value is -3.50. The fourth-order valence-corrected chi connectivity index (χ4v) is 7.87. The molecule has 2 aromatic carbocycles. The van der Waals surface area contributed by atoms with Crippen molar-refractivity contribution in [3.05, 3.63) is 42.0 Å². The molecule has 0 radical (unpaired) electrons. The Morgan fingerprint density at radius 3 is 2.27 bits per heavy atom. The Labute approximate surface area is 267 Å². The highest BCUT2D eigenvalue weighted by atomic mass is 32.2. The van der Waals surface area contributed by atoms with Gasteiger partial charge in [0, 0.05) is 57.9 Å². The lowest BCUT2D eigenvalue weighted by molar-refractivity contribution is 0.0376. The van der Waals surface area contributed by atoms with Crippen molar-refractivity contribution >= 4 is 48.7 Å². The summed E-state index contributed by atoms with van der Waals surface area (Å²) in [5.41, 5.74) is 0.943. The van der Waals surface area contributed by atoms with Gasteiger partial charge in [-0.25, -0.2) is 18.2 Å². The molecule has 0 saturated carbocycles. The van der Waals surface area contributed by atoms with E-state index < -0.39 is 16.1 Å². The molecule has 1 aromatic heterocycles. The van der Waals surface area contributed by atoms with E-state index in [0.717, 1.165) is 24.3 Å². The highest BCUT2D eigenvalue weighted by molar-refractivity contribution is 7.89. The molecule has 2 aliphatic rings. The number of sulfonamides is 1. The maximum absolute atomic E-state index is 14.0. The topological polar surface area (TPSA) is 131 Å². The van der Waals surface area contributed by atoms with Crippen LogP contribution in [0, 0.1) is 0 Å². The van der Waals surface area contributed by atoms with E-state index in [1.165, 1.54) is 44.8 Å². The first-order chi connectivity index (χ1) is 21.8. The van der Waals surface area contributed by atoms with Crippen molar-refractivity contribution < 1.29 is 37.0 Å². The third kappa shape index (κ3) is 7.33. The lowest BCUT2D eigenvalue weighted by Gasteiger charge is -2.33. The third-order valence-electron chi connectivity index (χ3n) is 7.84. The van der Waals surface area contributed by atoms with E-state index in [1.807, 2.05) is 6.07 Å². The molecule has 0 aliphatic carbocycles. The van der Waals surface area contributed by atoms with Gasteiger partial charge in [0.2, 0.25) is 10.0 Å². The zero-order valence-corrected chi connectivity index (χ0v) is 27.4. The van der Waals surface area contributed by atoms with Gasteiger partial charge in [0.1, 0.15) is 21.7 Å². The zero-order chi connectivity index (χ0) is 32.0. The molecule has 15 heteroatoms. The van der Waals surface area contributed by atoms with E-state index in [2.05, 4.69) is 4.90 Å². The highest BCUT2D eigenvalue weighted by Crippen LogP contribution is 2.40. The molecule has 244 valence electrons. The van der Waals surface area contributed by atoms with Crippen molar-refractivity contribution in [1.82, 2.24) is 19.1 Å². The molecule has 0 N–H and O–H groups in total. The molecule has 5 rings (SSSR count). The summed E-state index contributed by atoms with van der Waals surface area (Å²) in [7, 11) is -0.666. The number of hydrogen-bond donors (Lipinski definition) is 0. The van der Waals surface area contributed by atoms with Gasteiger partial charge in [-0.05, 0) is 49.7 Å².